The van der Waals surface area contributed by atoms with Crippen molar-refractivity contribution in [2.75, 3.05) is 26.1 Å². The van der Waals surface area contributed by atoms with Gasteiger partial charge < -0.3 is 35.3 Å². The number of nitrogens with zero attached hydrogens (tertiary/aromatic N) is 4. The Balaban J connectivity index is 1.51. The zero-order valence-electron chi connectivity index (χ0n) is 16.3. The third kappa shape index (κ3) is 3.75. The van der Waals surface area contributed by atoms with Gasteiger partial charge in [0.2, 0.25) is 0 Å². The van der Waals surface area contributed by atoms with Crippen LogP contribution in [0.4, 0.5) is 5.82 Å². The molecule has 0 bridgehead atoms. The number of imidazole rings is 1. The fourth-order valence-electron chi connectivity index (χ4n) is 3.33. The second-order valence-corrected chi connectivity index (χ2v) is 6.89. The van der Waals surface area contributed by atoms with Crippen molar-refractivity contribution in [2.45, 2.75) is 31.0 Å². The Hall–Kier alpha value is -2.99. The molecule has 1 aliphatic rings. The summed E-state index contributed by atoms with van der Waals surface area (Å²) >= 11 is 0. The first kappa shape index (κ1) is 20.3. The van der Waals surface area contributed by atoms with Gasteiger partial charge in [-0.2, -0.15) is 9.97 Å². The van der Waals surface area contributed by atoms with Crippen molar-refractivity contribution in [1.82, 2.24) is 19.5 Å². The molecule has 0 saturated carbocycles. The van der Waals surface area contributed by atoms with E-state index in [9.17, 15) is 15.3 Å². The Labute approximate surface area is 171 Å². The summed E-state index contributed by atoms with van der Waals surface area (Å²) < 4.78 is 17.8. The van der Waals surface area contributed by atoms with E-state index in [1.165, 1.54) is 10.9 Å². The summed E-state index contributed by atoms with van der Waals surface area (Å²) in [7, 11) is 1.61. The fraction of sp³-hybridized carbons (Fsp3) is 0.421. The number of nitrogens with two attached hydrogens (primary N) is 1. The Morgan fingerprint density at radius 2 is 1.93 bits per heavy atom. The normalized spacial score (nSPS) is 23.7. The molecule has 30 heavy (non-hydrogen) atoms. The van der Waals surface area contributed by atoms with Gasteiger partial charge in [-0.25, -0.2) is 4.98 Å². The van der Waals surface area contributed by atoms with Crippen molar-refractivity contribution in [3.63, 3.8) is 0 Å². The van der Waals surface area contributed by atoms with E-state index >= 15 is 0 Å². The van der Waals surface area contributed by atoms with Gasteiger partial charge in [0.25, 0.3) is 0 Å². The van der Waals surface area contributed by atoms with E-state index in [1.54, 1.807) is 7.11 Å². The summed E-state index contributed by atoms with van der Waals surface area (Å²) in [4.78, 5) is 12.6. The monoisotopic (exact) mass is 417 g/mol. The number of hydrogen-bond acceptors (Lipinski definition) is 10. The third-order valence-corrected chi connectivity index (χ3v) is 5.00. The molecular formula is C19H23N5O6. The lowest BCUT2D eigenvalue weighted by Crippen LogP contribution is -2.33. The van der Waals surface area contributed by atoms with Gasteiger partial charge in [-0.05, 0) is 17.7 Å². The number of ether oxygens (including phenoxy) is 3. The Kier molecular flexibility index (Phi) is 5.68. The number of aliphatic hydroxyl groups is 3. The summed E-state index contributed by atoms with van der Waals surface area (Å²) in [6.45, 7) is -0.114. The number of nitrogen functional groups attached to an aromatic ring is 1. The molecule has 5 N–H and O–H groups in total. The van der Waals surface area contributed by atoms with Crippen molar-refractivity contribution >= 4 is 17.0 Å². The van der Waals surface area contributed by atoms with Crippen LogP contribution in [-0.2, 0) is 11.2 Å². The largest absolute Gasteiger partial charge is 0.497 e. The van der Waals surface area contributed by atoms with E-state index < -0.39 is 31.1 Å². The zero-order valence-corrected chi connectivity index (χ0v) is 16.3. The van der Waals surface area contributed by atoms with E-state index in [2.05, 4.69) is 15.0 Å². The fourth-order valence-corrected chi connectivity index (χ4v) is 3.33. The highest BCUT2D eigenvalue weighted by molar-refractivity contribution is 5.82. The van der Waals surface area contributed by atoms with Crippen molar-refractivity contribution < 1.29 is 29.5 Å². The summed E-state index contributed by atoms with van der Waals surface area (Å²) in [5.74, 6) is 0.893. The molecule has 0 spiro atoms. The molecule has 2 aromatic heterocycles. The van der Waals surface area contributed by atoms with Crippen LogP contribution in [0.15, 0.2) is 30.6 Å². The molecule has 4 atom stereocenters. The molecule has 1 fully saturated rings. The lowest BCUT2D eigenvalue weighted by molar-refractivity contribution is -0.0511. The number of methoxy groups -OCH3 is 1. The first-order valence-electron chi connectivity index (χ1n) is 9.40. The average Bonchev–Trinajstić information content (AvgIpc) is 3.30. The van der Waals surface area contributed by atoms with E-state index in [-0.39, 0.29) is 17.5 Å². The minimum absolute atomic E-state index is 0.0574. The van der Waals surface area contributed by atoms with Crippen LogP contribution in [0, 0.1) is 0 Å². The van der Waals surface area contributed by atoms with Gasteiger partial charge in [0.05, 0.1) is 26.7 Å². The topological polar surface area (TPSA) is 158 Å². The Morgan fingerprint density at radius 1 is 1.17 bits per heavy atom. The maximum atomic E-state index is 10.3. The highest BCUT2D eigenvalue weighted by Gasteiger charge is 2.44. The first-order chi connectivity index (χ1) is 14.5. The van der Waals surface area contributed by atoms with Crippen molar-refractivity contribution in [2.24, 2.45) is 0 Å². The highest BCUT2D eigenvalue weighted by atomic mass is 16.6. The number of aromatic nitrogens is 4. The van der Waals surface area contributed by atoms with Crippen LogP contribution < -0.4 is 15.2 Å². The van der Waals surface area contributed by atoms with Crippen LogP contribution in [0.5, 0.6) is 11.8 Å². The molecule has 3 heterocycles. The maximum Gasteiger partial charge on any atom is 0.320 e. The second-order valence-electron chi connectivity index (χ2n) is 6.89. The highest BCUT2D eigenvalue weighted by Crippen LogP contribution is 2.32. The number of benzene rings is 1. The Bertz CT molecular complexity index is 1010. The quantitative estimate of drug-likeness (QED) is 0.400. The predicted octanol–water partition coefficient (Wildman–Crippen LogP) is -0.350. The average molecular weight is 417 g/mol. The van der Waals surface area contributed by atoms with E-state index in [1.807, 2.05) is 24.3 Å². The van der Waals surface area contributed by atoms with Crippen molar-refractivity contribution in [1.29, 1.82) is 0 Å². The Morgan fingerprint density at radius 3 is 2.60 bits per heavy atom. The summed E-state index contributed by atoms with van der Waals surface area (Å²) in [5, 5.41) is 29.6. The first-order valence-corrected chi connectivity index (χ1v) is 9.40. The second kappa shape index (κ2) is 8.40. The van der Waals surface area contributed by atoms with Gasteiger partial charge in [0.1, 0.15) is 24.1 Å². The number of hydrogen-bond donors (Lipinski definition) is 4. The third-order valence-electron chi connectivity index (χ3n) is 5.00. The molecular weight excluding hydrogens is 394 g/mol. The van der Waals surface area contributed by atoms with Crippen LogP contribution >= 0.6 is 0 Å². The maximum absolute atomic E-state index is 10.3. The molecule has 0 aliphatic carbocycles. The molecule has 0 radical (unpaired) electrons. The van der Waals surface area contributed by atoms with Gasteiger partial charge >= 0.3 is 6.01 Å². The van der Waals surface area contributed by atoms with Gasteiger partial charge in [0.15, 0.2) is 23.2 Å². The van der Waals surface area contributed by atoms with Crippen molar-refractivity contribution in [3.8, 4) is 11.8 Å². The minimum atomic E-state index is -1.27. The summed E-state index contributed by atoms with van der Waals surface area (Å²) in [6, 6.07) is 7.68. The summed E-state index contributed by atoms with van der Waals surface area (Å²) in [5.41, 5.74) is 7.65. The molecule has 160 valence electrons. The number of aliphatic hydroxyl groups excluding tert-OH is 3. The minimum Gasteiger partial charge on any atom is -0.497 e. The molecule has 4 rings (SSSR count). The molecule has 0 unspecified atom stereocenters. The van der Waals surface area contributed by atoms with E-state index in [4.69, 9.17) is 19.9 Å². The van der Waals surface area contributed by atoms with Crippen LogP contribution in [0.25, 0.3) is 11.2 Å². The SMILES string of the molecule is COc1ccc(CCOc2nc(N)c3ncn([C@@H]4O[C@H](CO)[C@@H](O)[C@H]4O)c3n2)cc1. The van der Waals surface area contributed by atoms with Gasteiger partial charge in [-0.1, -0.05) is 12.1 Å². The van der Waals surface area contributed by atoms with Gasteiger partial charge in [-0.3, -0.25) is 4.57 Å². The molecule has 1 aromatic carbocycles. The number of fused-ring (bicyclic) bond motifs is 1. The van der Waals surface area contributed by atoms with Crippen LogP contribution in [0.1, 0.15) is 11.8 Å². The molecule has 11 heteroatoms. The zero-order chi connectivity index (χ0) is 21.3. The lowest BCUT2D eigenvalue weighted by atomic mass is 10.1. The van der Waals surface area contributed by atoms with Crippen LogP contribution in [0.3, 0.4) is 0 Å². The molecule has 11 nitrogen and oxygen atoms in total. The standard InChI is InChI=1S/C19H23N5O6/c1-28-11-4-2-10(3-5-11)6-7-29-19-22-16(20)13-17(23-19)24(9-21-13)18-15(27)14(26)12(8-25)30-18/h2-5,9,12,14-15,18,25-27H,6-8H2,1H3,(H2,20,22,23)/t12-,14-,15-,18-/m1/s1. The van der Waals surface area contributed by atoms with Crippen LogP contribution in [0.2, 0.25) is 0 Å². The lowest BCUT2D eigenvalue weighted by Gasteiger charge is -2.16. The van der Waals surface area contributed by atoms with Gasteiger partial charge in [0, 0.05) is 6.42 Å². The van der Waals surface area contributed by atoms with Gasteiger partial charge in [-0.15, -0.1) is 0 Å². The summed E-state index contributed by atoms with van der Waals surface area (Å²) in [6.07, 6.45) is -2.39. The number of anilines is 1. The molecule has 1 saturated heterocycles. The molecule has 3 aromatic rings. The smallest absolute Gasteiger partial charge is 0.320 e. The van der Waals surface area contributed by atoms with E-state index in [0.717, 1.165) is 11.3 Å². The number of rotatable bonds is 7. The van der Waals surface area contributed by atoms with E-state index in [0.29, 0.717) is 18.5 Å². The molecule has 1 aliphatic heterocycles. The molecule has 0 amide bonds. The van der Waals surface area contributed by atoms with Crippen molar-refractivity contribution in [3.05, 3.63) is 36.2 Å². The van der Waals surface area contributed by atoms with Crippen LogP contribution in [-0.4, -0.2) is 73.5 Å². The predicted molar refractivity (Wildman–Crippen MR) is 105 cm³/mol.